The van der Waals surface area contributed by atoms with Crippen molar-refractivity contribution in [2.75, 3.05) is 18.0 Å². The molecule has 1 saturated carbocycles. The molecule has 1 spiro atoms. The van der Waals surface area contributed by atoms with E-state index in [4.69, 9.17) is 0 Å². The first kappa shape index (κ1) is 17.5. The molecule has 0 atom stereocenters. The Bertz CT molecular complexity index is 774. The monoisotopic (exact) mass is 367 g/mol. The van der Waals surface area contributed by atoms with Crippen LogP contribution in [-0.4, -0.2) is 28.8 Å². The quantitative estimate of drug-likeness (QED) is 0.712. The van der Waals surface area contributed by atoms with Crippen molar-refractivity contribution in [3.05, 3.63) is 42.2 Å². The first-order chi connectivity index (χ1) is 12.6. The van der Waals surface area contributed by atoms with Gasteiger partial charge in [0.1, 0.15) is 10.8 Å². The van der Waals surface area contributed by atoms with Crippen LogP contribution in [0.25, 0.3) is 0 Å². The van der Waals surface area contributed by atoms with E-state index < -0.39 is 0 Å². The highest BCUT2D eigenvalue weighted by molar-refractivity contribution is 7.99. The normalized spacial score (nSPS) is 19.0. The summed E-state index contributed by atoms with van der Waals surface area (Å²) in [6.07, 6.45) is 12.0. The van der Waals surface area contributed by atoms with E-state index in [0.717, 1.165) is 34.4 Å². The second-order valence-corrected chi connectivity index (χ2v) is 8.69. The van der Waals surface area contributed by atoms with Crippen molar-refractivity contribution in [1.29, 1.82) is 0 Å². The summed E-state index contributed by atoms with van der Waals surface area (Å²) >= 11 is 1.55. The largest absolute Gasteiger partial charge is 0.355 e. The zero-order valence-corrected chi connectivity index (χ0v) is 16.1. The summed E-state index contributed by atoms with van der Waals surface area (Å²) in [5.41, 5.74) is 1.36. The Morgan fingerprint density at radius 1 is 1.08 bits per heavy atom. The summed E-state index contributed by atoms with van der Waals surface area (Å²) in [4.78, 5) is 24.1. The van der Waals surface area contributed by atoms with Crippen LogP contribution in [-0.2, 0) is 0 Å². The van der Waals surface area contributed by atoms with Crippen LogP contribution in [0.3, 0.4) is 0 Å². The molecule has 1 saturated heterocycles. The molecule has 1 aromatic heterocycles. The number of hydrogen-bond acceptors (Lipinski definition) is 5. The molecule has 26 heavy (non-hydrogen) atoms. The predicted molar refractivity (Wildman–Crippen MR) is 105 cm³/mol. The fourth-order valence-electron chi connectivity index (χ4n) is 4.26. The third kappa shape index (κ3) is 3.78. The average Bonchev–Trinajstić information content (AvgIpc) is 3.11. The van der Waals surface area contributed by atoms with Crippen LogP contribution in [0.2, 0.25) is 0 Å². The molecule has 2 aromatic rings. The number of carbonyl (C=O) groups is 1. The van der Waals surface area contributed by atoms with E-state index in [1.54, 1.807) is 18.7 Å². The molecule has 2 fully saturated rings. The van der Waals surface area contributed by atoms with Crippen molar-refractivity contribution in [1.82, 2.24) is 9.97 Å². The van der Waals surface area contributed by atoms with Gasteiger partial charge in [0.2, 0.25) is 0 Å². The van der Waals surface area contributed by atoms with E-state index in [0.29, 0.717) is 5.41 Å². The van der Waals surface area contributed by atoms with Crippen LogP contribution in [0.4, 0.5) is 5.82 Å². The van der Waals surface area contributed by atoms with Gasteiger partial charge in [-0.15, -0.1) is 0 Å². The van der Waals surface area contributed by atoms with E-state index >= 15 is 0 Å². The van der Waals surface area contributed by atoms with Crippen molar-refractivity contribution in [2.24, 2.45) is 5.41 Å². The number of aromatic nitrogens is 2. The van der Waals surface area contributed by atoms with E-state index in [9.17, 15) is 4.79 Å². The molecule has 1 aromatic carbocycles. The molecule has 2 aliphatic rings. The number of piperidine rings is 1. The number of benzene rings is 1. The van der Waals surface area contributed by atoms with Gasteiger partial charge in [0.25, 0.3) is 0 Å². The second kappa shape index (κ2) is 7.39. The molecule has 0 radical (unpaired) electrons. The SMILES string of the molecule is CC(=O)c1cccc(Sc2cnc(N3CCC4(CCCC4)CC3)cn2)c1. The molecule has 2 heterocycles. The van der Waals surface area contributed by atoms with Gasteiger partial charge in [-0.25, -0.2) is 9.97 Å². The highest BCUT2D eigenvalue weighted by atomic mass is 32.2. The van der Waals surface area contributed by atoms with Crippen LogP contribution in [0, 0.1) is 5.41 Å². The molecule has 0 unspecified atom stereocenters. The molecule has 0 bridgehead atoms. The highest BCUT2D eigenvalue weighted by Crippen LogP contribution is 2.46. The number of ketones is 1. The molecular weight excluding hydrogens is 342 g/mol. The van der Waals surface area contributed by atoms with E-state index in [2.05, 4.69) is 14.9 Å². The maximum absolute atomic E-state index is 11.5. The summed E-state index contributed by atoms with van der Waals surface area (Å²) in [6.45, 7) is 3.79. The lowest BCUT2D eigenvalue weighted by Gasteiger charge is -2.39. The Balaban J connectivity index is 1.39. The van der Waals surface area contributed by atoms with Crippen LogP contribution in [0.1, 0.15) is 55.8 Å². The first-order valence-corrected chi connectivity index (χ1v) is 10.3. The lowest BCUT2D eigenvalue weighted by Crippen LogP contribution is -2.39. The Morgan fingerprint density at radius 2 is 1.85 bits per heavy atom. The number of anilines is 1. The summed E-state index contributed by atoms with van der Waals surface area (Å²) in [7, 11) is 0. The van der Waals surface area contributed by atoms with Gasteiger partial charge >= 0.3 is 0 Å². The molecule has 4 nitrogen and oxygen atoms in total. The van der Waals surface area contributed by atoms with E-state index in [1.807, 2.05) is 36.7 Å². The molecule has 4 rings (SSSR count). The molecule has 0 amide bonds. The third-order valence-corrected chi connectivity index (χ3v) is 6.80. The minimum atomic E-state index is 0.0824. The molecule has 1 aliphatic carbocycles. The van der Waals surface area contributed by atoms with Crippen molar-refractivity contribution in [3.63, 3.8) is 0 Å². The van der Waals surface area contributed by atoms with Crippen molar-refractivity contribution in [3.8, 4) is 0 Å². The second-order valence-electron chi connectivity index (χ2n) is 7.59. The zero-order valence-electron chi connectivity index (χ0n) is 15.3. The fourth-order valence-corrected chi connectivity index (χ4v) is 5.04. The van der Waals surface area contributed by atoms with Crippen LogP contribution >= 0.6 is 11.8 Å². The number of rotatable bonds is 4. The zero-order chi connectivity index (χ0) is 18.0. The molecular formula is C21H25N3OS. The standard InChI is InChI=1S/C21H25N3OS/c1-16(25)17-5-4-6-18(13-17)26-20-15-22-19(14-23-20)24-11-9-21(10-12-24)7-2-3-8-21/h4-6,13-15H,2-3,7-12H2,1H3. The van der Waals surface area contributed by atoms with Gasteiger partial charge in [-0.2, -0.15) is 0 Å². The summed E-state index contributed by atoms with van der Waals surface area (Å²) < 4.78 is 0. The molecule has 5 heteroatoms. The predicted octanol–water partition coefficient (Wildman–Crippen LogP) is 4.99. The van der Waals surface area contributed by atoms with Crippen molar-refractivity contribution in [2.45, 2.75) is 55.4 Å². The number of carbonyl (C=O) groups excluding carboxylic acids is 1. The smallest absolute Gasteiger partial charge is 0.159 e. The summed E-state index contributed by atoms with van der Waals surface area (Å²) in [6, 6.07) is 7.66. The average molecular weight is 368 g/mol. The lowest BCUT2D eigenvalue weighted by atomic mass is 9.77. The van der Waals surface area contributed by atoms with Crippen LogP contribution < -0.4 is 4.90 Å². The fraction of sp³-hybridized carbons (Fsp3) is 0.476. The Morgan fingerprint density at radius 3 is 2.50 bits per heavy atom. The highest BCUT2D eigenvalue weighted by Gasteiger charge is 2.37. The van der Waals surface area contributed by atoms with E-state index in [-0.39, 0.29) is 5.78 Å². The van der Waals surface area contributed by atoms with Gasteiger partial charge in [-0.1, -0.05) is 36.7 Å². The maximum atomic E-state index is 11.5. The molecule has 0 N–H and O–H groups in total. The van der Waals surface area contributed by atoms with Gasteiger partial charge in [0, 0.05) is 23.5 Å². The van der Waals surface area contributed by atoms with Gasteiger partial charge in [0.05, 0.1) is 12.4 Å². The van der Waals surface area contributed by atoms with E-state index in [1.165, 1.54) is 38.5 Å². The van der Waals surface area contributed by atoms with Gasteiger partial charge in [-0.05, 0) is 50.2 Å². The number of nitrogens with zero attached hydrogens (tertiary/aromatic N) is 3. The van der Waals surface area contributed by atoms with Crippen molar-refractivity contribution >= 4 is 23.4 Å². The number of Topliss-reactive ketones (excluding diaryl/α,β-unsaturated/α-hetero) is 1. The van der Waals surface area contributed by atoms with Gasteiger partial charge in [-0.3, -0.25) is 4.79 Å². The topological polar surface area (TPSA) is 46.1 Å². The Hall–Kier alpha value is -1.88. The Kier molecular flexibility index (Phi) is 4.98. The first-order valence-electron chi connectivity index (χ1n) is 9.49. The minimum absolute atomic E-state index is 0.0824. The molecule has 1 aliphatic heterocycles. The summed E-state index contributed by atoms with van der Waals surface area (Å²) in [5.74, 6) is 1.07. The van der Waals surface area contributed by atoms with Crippen LogP contribution in [0.5, 0.6) is 0 Å². The minimum Gasteiger partial charge on any atom is -0.355 e. The lowest BCUT2D eigenvalue weighted by molar-refractivity contribution is 0.101. The maximum Gasteiger partial charge on any atom is 0.159 e. The molecule has 136 valence electrons. The van der Waals surface area contributed by atoms with Gasteiger partial charge < -0.3 is 4.90 Å². The number of hydrogen-bond donors (Lipinski definition) is 0. The van der Waals surface area contributed by atoms with Crippen LogP contribution in [0.15, 0.2) is 46.6 Å². The Labute approximate surface area is 159 Å². The van der Waals surface area contributed by atoms with Crippen molar-refractivity contribution < 1.29 is 4.79 Å². The summed E-state index contributed by atoms with van der Waals surface area (Å²) in [5, 5.41) is 0.860. The van der Waals surface area contributed by atoms with Gasteiger partial charge in [0.15, 0.2) is 5.78 Å². The third-order valence-electron chi connectivity index (χ3n) is 5.89.